The Morgan fingerprint density at radius 3 is 2.61 bits per heavy atom. The van der Waals surface area contributed by atoms with Gasteiger partial charge in [-0.2, -0.15) is 0 Å². The molecule has 1 fully saturated rings. The minimum absolute atomic E-state index is 0.00681. The Kier molecular flexibility index (Phi) is 8.89. The molecule has 166 valence electrons. The maximum Gasteiger partial charge on any atom is 0.338 e. The number of benzene rings is 1. The van der Waals surface area contributed by atoms with Gasteiger partial charge in [0.25, 0.3) is 0 Å². The summed E-state index contributed by atoms with van der Waals surface area (Å²) in [6, 6.07) is 4.26. The molecule has 8 nitrogen and oxygen atoms in total. The molecule has 0 bridgehead atoms. The Morgan fingerprint density at radius 1 is 1.29 bits per heavy atom. The zero-order chi connectivity index (χ0) is 23.0. The second-order valence-corrected chi connectivity index (χ2v) is 7.52. The van der Waals surface area contributed by atoms with Crippen LogP contribution in [0, 0.1) is 18.8 Å². The van der Waals surface area contributed by atoms with E-state index in [0.717, 1.165) is 5.56 Å². The summed E-state index contributed by atoms with van der Waals surface area (Å²) in [5, 5.41) is 15.2. The predicted molar refractivity (Wildman–Crippen MR) is 120 cm³/mol. The van der Waals surface area contributed by atoms with Crippen LogP contribution in [-0.4, -0.2) is 53.8 Å². The van der Waals surface area contributed by atoms with Crippen LogP contribution in [-0.2, 0) is 19.1 Å². The molecular weight excluding hydrogens is 420 g/mol. The number of rotatable bonds is 10. The first-order chi connectivity index (χ1) is 14.8. The van der Waals surface area contributed by atoms with Crippen LogP contribution in [0.5, 0.6) is 0 Å². The zero-order valence-electron chi connectivity index (χ0n) is 17.3. The second-order valence-electron chi connectivity index (χ2n) is 7.10. The first-order valence-corrected chi connectivity index (χ1v) is 10.1. The Bertz CT molecular complexity index is 885. The number of nitrogens with one attached hydrogen (secondary N) is 2. The minimum atomic E-state index is -1.01. The average Bonchev–Trinajstić information content (AvgIpc) is 3.21. The Hall–Kier alpha value is -3.04. The quantitative estimate of drug-likeness (QED) is 0.285. The van der Waals surface area contributed by atoms with Gasteiger partial charge in [-0.05, 0) is 49.2 Å². The van der Waals surface area contributed by atoms with Crippen LogP contribution in [0.3, 0.4) is 0 Å². The van der Waals surface area contributed by atoms with E-state index in [0.29, 0.717) is 17.8 Å². The fourth-order valence-corrected chi connectivity index (χ4v) is 3.55. The van der Waals surface area contributed by atoms with Crippen molar-refractivity contribution in [1.82, 2.24) is 5.32 Å². The first-order valence-electron chi connectivity index (χ1n) is 9.71. The van der Waals surface area contributed by atoms with Crippen LogP contribution in [0.25, 0.3) is 0 Å². The van der Waals surface area contributed by atoms with Gasteiger partial charge in [-0.1, -0.05) is 31.4 Å². The van der Waals surface area contributed by atoms with Gasteiger partial charge in [0, 0.05) is 12.2 Å². The summed E-state index contributed by atoms with van der Waals surface area (Å²) in [6.07, 6.45) is 3.16. The lowest BCUT2D eigenvalue weighted by atomic mass is 9.90. The Balaban J connectivity index is 2.06. The molecule has 1 aliphatic heterocycles. The number of aliphatic hydroxyl groups is 1. The number of carbonyl (C=O) groups excluding carboxylic acids is 3. The second kappa shape index (κ2) is 11.4. The monoisotopic (exact) mass is 446 g/mol. The van der Waals surface area contributed by atoms with E-state index in [1.54, 1.807) is 25.1 Å². The number of hydrogen-bond donors (Lipinski definition) is 3. The largest absolute Gasteiger partial charge is 0.501 e. The third-order valence-corrected chi connectivity index (χ3v) is 5.13. The SMILES string of the molecule is C=CCOC(=O)c1ccc(C)c(NC(=O)C2C[C@@H]([C@@H](C(=O)OCC=C)C(O)=S)CN2)c1. The smallest absolute Gasteiger partial charge is 0.338 e. The standard InChI is InChI=1S/C22H26N2O6S/c1-4-8-29-20(26)14-7-6-13(3)16(10-14)24-19(25)17-11-15(12-23-17)18(22(28)31)21(27)30-9-5-2/h4-7,10,15,17-18,23H,1-2,8-9,11-12H2,3H3,(H,24,25)(H,28,31)/t15-,17?,18+/m1/s1. The molecule has 3 N–H and O–H groups in total. The van der Waals surface area contributed by atoms with Gasteiger partial charge in [0.05, 0.1) is 11.6 Å². The molecule has 2 rings (SSSR count). The molecule has 1 aromatic rings. The fourth-order valence-electron chi connectivity index (χ4n) is 3.26. The van der Waals surface area contributed by atoms with Crippen molar-refractivity contribution in [1.29, 1.82) is 0 Å². The van der Waals surface area contributed by atoms with Crippen LogP contribution < -0.4 is 10.6 Å². The number of ether oxygens (including phenoxy) is 2. The highest BCUT2D eigenvalue weighted by Crippen LogP contribution is 2.26. The van der Waals surface area contributed by atoms with Crippen molar-refractivity contribution >= 4 is 40.8 Å². The summed E-state index contributed by atoms with van der Waals surface area (Å²) in [4.78, 5) is 37.0. The molecule has 1 amide bonds. The molecule has 1 heterocycles. The number of thiocarbonyl (C=S) groups is 1. The molecular formula is C22H26N2O6S. The van der Waals surface area contributed by atoms with Crippen LogP contribution in [0.2, 0.25) is 0 Å². The molecule has 0 spiro atoms. The maximum absolute atomic E-state index is 12.8. The lowest BCUT2D eigenvalue weighted by Gasteiger charge is -2.19. The summed E-state index contributed by atoms with van der Waals surface area (Å²) < 4.78 is 10.0. The maximum atomic E-state index is 12.8. The van der Waals surface area contributed by atoms with Gasteiger partial charge in [0.2, 0.25) is 5.91 Å². The summed E-state index contributed by atoms with van der Waals surface area (Å²) >= 11 is 4.83. The first kappa shape index (κ1) is 24.2. The van der Waals surface area contributed by atoms with E-state index in [9.17, 15) is 19.5 Å². The molecule has 0 saturated carbocycles. The molecule has 0 aliphatic carbocycles. The fraction of sp³-hybridized carbons (Fsp3) is 0.364. The zero-order valence-corrected chi connectivity index (χ0v) is 18.1. The van der Waals surface area contributed by atoms with Crippen molar-refractivity contribution < 1.29 is 29.0 Å². The van der Waals surface area contributed by atoms with Crippen molar-refractivity contribution in [3.8, 4) is 0 Å². The number of esters is 2. The van der Waals surface area contributed by atoms with E-state index in [1.807, 2.05) is 0 Å². The van der Waals surface area contributed by atoms with Gasteiger partial charge in [0.1, 0.15) is 19.1 Å². The van der Waals surface area contributed by atoms with Gasteiger partial charge in [0.15, 0.2) is 5.05 Å². The lowest BCUT2D eigenvalue weighted by molar-refractivity contribution is -0.146. The third-order valence-electron chi connectivity index (χ3n) is 4.88. The Labute approximate surface area is 186 Å². The number of aliphatic hydroxyl groups excluding tert-OH is 1. The summed E-state index contributed by atoms with van der Waals surface area (Å²) in [6.45, 7) is 9.18. The highest BCUT2D eigenvalue weighted by Gasteiger charge is 2.40. The van der Waals surface area contributed by atoms with E-state index in [1.165, 1.54) is 12.2 Å². The average molecular weight is 447 g/mol. The summed E-state index contributed by atoms with van der Waals surface area (Å²) in [5.74, 6) is -2.91. The van der Waals surface area contributed by atoms with Crippen molar-refractivity contribution in [3.05, 3.63) is 54.6 Å². The topological polar surface area (TPSA) is 114 Å². The molecule has 9 heteroatoms. The number of carbonyl (C=O) groups is 3. The van der Waals surface area contributed by atoms with Gasteiger partial charge in [-0.15, -0.1) is 0 Å². The summed E-state index contributed by atoms with van der Waals surface area (Å²) in [7, 11) is 0. The molecule has 3 atom stereocenters. The summed E-state index contributed by atoms with van der Waals surface area (Å²) in [5.41, 5.74) is 1.55. The highest BCUT2D eigenvalue weighted by atomic mass is 32.1. The van der Waals surface area contributed by atoms with Crippen molar-refractivity contribution in [2.75, 3.05) is 25.1 Å². The number of anilines is 1. The van der Waals surface area contributed by atoms with Gasteiger partial charge >= 0.3 is 11.9 Å². The van der Waals surface area contributed by atoms with E-state index in [4.69, 9.17) is 21.7 Å². The predicted octanol–water partition coefficient (Wildman–Crippen LogP) is 2.49. The van der Waals surface area contributed by atoms with Crippen LogP contribution in [0.1, 0.15) is 22.3 Å². The number of amides is 1. The molecule has 0 aromatic heterocycles. The molecule has 31 heavy (non-hydrogen) atoms. The van der Waals surface area contributed by atoms with Gasteiger partial charge in [-0.3, -0.25) is 9.59 Å². The van der Waals surface area contributed by atoms with Crippen molar-refractivity contribution in [2.45, 2.75) is 19.4 Å². The van der Waals surface area contributed by atoms with Crippen molar-refractivity contribution in [2.24, 2.45) is 11.8 Å². The van der Waals surface area contributed by atoms with E-state index < -0.39 is 34.9 Å². The third kappa shape index (κ3) is 6.47. The number of aryl methyl sites for hydroxylation is 1. The molecule has 0 radical (unpaired) electrons. The van der Waals surface area contributed by atoms with Gasteiger partial charge < -0.3 is 25.2 Å². The highest BCUT2D eigenvalue weighted by molar-refractivity contribution is 7.80. The van der Waals surface area contributed by atoms with Crippen LogP contribution in [0.15, 0.2) is 43.5 Å². The minimum Gasteiger partial charge on any atom is -0.501 e. The molecule has 1 aromatic carbocycles. The number of hydrogen-bond acceptors (Lipinski definition) is 7. The van der Waals surface area contributed by atoms with Crippen molar-refractivity contribution in [3.63, 3.8) is 0 Å². The molecule has 1 unspecified atom stereocenters. The van der Waals surface area contributed by atoms with Crippen LogP contribution >= 0.6 is 12.2 Å². The Morgan fingerprint density at radius 2 is 1.97 bits per heavy atom. The lowest BCUT2D eigenvalue weighted by Crippen LogP contribution is -2.35. The van der Waals surface area contributed by atoms with Crippen LogP contribution in [0.4, 0.5) is 5.69 Å². The molecule has 1 saturated heterocycles. The van der Waals surface area contributed by atoms with Gasteiger partial charge in [-0.25, -0.2) is 4.79 Å². The van der Waals surface area contributed by atoms with E-state index in [2.05, 4.69) is 23.8 Å². The van der Waals surface area contributed by atoms with E-state index in [-0.39, 0.29) is 25.5 Å². The van der Waals surface area contributed by atoms with E-state index >= 15 is 0 Å². The normalized spacial score (nSPS) is 18.5. The molecule has 1 aliphatic rings.